The summed E-state index contributed by atoms with van der Waals surface area (Å²) in [4.78, 5) is 27.0. The second kappa shape index (κ2) is 9.17. The SMILES string of the molecule is CC(C)(C)OC(=O)N1CC(OCCNC2=C(c3ccccc3)S(O)(O)N(C(C)(C)C)C2=O)C1. The van der Waals surface area contributed by atoms with E-state index in [1.54, 1.807) is 49.9 Å². The maximum atomic E-state index is 13.2. The number of carbonyl (C=O) groups excluding carboxylic acids is 2. The fraction of sp³-hybridized carbons (Fsp3) is 0.565. The number of nitrogens with zero attached hydrogens (tertiary/aromatic N) is 2. The van der Waals surface area contributed by atoms with Gasteiger partial charge in [-0.25, -0.2) is 9.10 Å². The van der Waals surface area contributed by atoms with Gasteiger partial charge in [0.2, 0.25) is 0 Å². The summed E-state index contributed by atoms with van der Waals surface area (Å²) in [5.74, 6) is -0.457. The van der Waals surface area contributed by atoms with Gasteiger partial charge in [0.1, 0.15) is 16.2 Å². The van der Waals surface area contributed by atoms with Crippen molar-refractivity contribution in [1.82, 2.24) is 14.5 Å². The second-order valence-corrected chi connectivity index (χ2v) is 12.0. The summed E-state index contributed by atoms with van der Waals surface area (Å²) in [5, 5.41) is 3.07. The third-order valence-electron chi connectivity index (χ3n) is 5.06. The Hall–Kier alpha value is -2.27. The van der Waals surface area contributed by atoms with Gasteiger partial charge < -0.3 is 19.7 Å². The van der Waals surface area contributed by atoms with Crippen LogP contribution < -0.4 is 5.32 Å². The van der Waals surface area contributed by atoms with Crippen LogP contribution >= 0.6 is 10.8 Å². The highest BCUT2D eigenvalue weighted by Crippen LogP contribution is 2.63. The smallest absolute Gasteiger partial charge is 0.410 e. The number of amides is 2. The molecule has 9 nitrogen and oxygen atoms in total. The molecule has 0 spiro atoms. The van der Waals surface area contributed by atoms with Crippen molar-refractivity contribution in [3.63, 3.8) is 0 Å². The first-order valence-electron chi connectivity index (χ1n) is 11.0. The molecular formula is C23H35N3O6S. The number of rotatable bonds is 6. The molecule has 0 aromatic heterocycles. The van der Waals surface area contributed by atoms with Crippen molar-refractivity contribution >= 4 is 27.7 Å². The summed E-state index contributed by atoms with van der Waals surface area (Å²) < 4.78 is 34.4. The lowest BCUT2D eigenvalue weighted by Crippen LogP contribution is -2.56. The molecule has 33 heavy (non-hydrogen) atoms. The molecule has 3 rings (SSSR count). The Bertz CT molecular complexity index is 914. The van der Waals surface area contributed by atoms with Crippen LogP contribution in [0.15, 0.2) is 36.0 Å². The molecular weight excluding hydrogens is 446 g/mol. The van der Waals surface area contributed by atoms with Crippen LogP contribution in [0.5, 0.6) is 0 Å². The van der Waals surface area contributed by atoms with Crippen molar-refractivity contribution in [2.75, 3.05) is 26.2 Å². The van der Waals surface area contributed by atoms with Gasteiger partial charge in [0.15, 0.2) is 0 Å². The molecule has 1 aromatic rings. The highest BCUT2D eigenvalue weighted by atomic mass is 32.3. The molecule has 2 aliphatic heterocycles. The maximum absolute atomic E-state index is 13.2. The first-order chi connectivity index (χ1) is 15.2. The molecule has 1 aromatic carbocycles. The van der Waals surface area contributed by atoms with Crippen LogP contribution in [-0.4, -0.2) is 73.8 Å². The van der Waals surface area contributed by atoms with Crippen LogP contribution in [0.3, 0.4) is 0 Å². The fourth-order valence-corrected chi connectivity index (χ4v) is 5.85. The molecule has 2 aliphatic rings. The van der Waals surface area contributed by atoms with Gasteiger partial charge in [-0.1, -0.05) is 41.1 Å². The number of hydrogen-bond acceptors (Lipinski definition) is 7. The molecule has 3 N–H and O–H groups in total. The number of likely N-dealkylation sites (tertiary alicyclic amines) is 1. The van der Waals surface area contributed by atoms with Gasteiger partial charge in [0.25, 0.3) is 5.91 Å². The van der Waals surface area contributed by atoms with Gasteiger partial charge in [0.05, 0.1) is 31.3 Å². The molecule has 1 fully saturated rings. The lowest BCUT2D eigenvalue weighted by molar-refractivity contribution is -0.125. The highest BCUT2D eigenvalue weighted by Gasteiger charge is 2.49. The van der Waals surface area contributed by atoms with Crippen LogP contribution in [0.2, 0.25) is 0 Å². The van der Waals surface area contributed by atoms with Crippen molar-refractivity contribution in [1.29, 1.82) is 0 Å². The van der Waals surface area contributed by atoms with E-state index in [0.29, 0.717) is 31.8 Å². The van der Waals surface area contributed by atoms with E-state index in [4.69, 9.17) is 9.47 Å². The van der Waals surface area contributed by atoms with E-state index in [1.807, 2.05) is 26.8 Å². The zero-order chi connectivity index (χ0) is 24.6. The van der Waals surface area contributed by atoms with E-state index in [0.717, 1.165) is 4.31 Å². The molecule has 0 saturated carbocycles. The van der Waals surface area contributed by atoms with Gasteiger partial charge in [0, 0.05) is 12.1 Å². The Morgan fingerprint density at radius 3 is 2.27 bits per heavy atom. The summed E-state index contributed by atoms with van der Waals surface area (Å²) in [7, 11) is -3.51. The van der Waals surface area contributed by atoms with Crippen molar-refractivity contribution in [2.24, 2.45) is 0 Å². The average Bonchev–Trinajstić information content (AvgIpc) is 2.83. The normalized spacial score (nSPS) is 20.1. The lowest BCUT2D eigenvalue weighted by atomic mass is 10.1. The number of hydrogen-bond donors (Lipinski definition) is 3. The van der Waals surface area contributed by atoms with E-state index >= 15 is 0 Å². The topological polar surface area (TPSA) is 112 Å². The largest absolute Gasteiger partial charge is 0.444 e. The minimum atomic E-state index is -3.51. The summed E-state index contributed by atoms with van der Waals surface area (Å²) in [6, 6.07) is 8.90. The molecule has 10 heteroatoms. The van der Waals surface area contributed by atoms with Crippen LogP contribution in [0.25, 0.3) is 4.91 Å². The summed E-state index contributed by atoms with van der Waals surface area (Å²) >= 11 is 0. The number of ether oxygens (including phenoxy) is 2. The molecule has 0 unspecified atom stereocenters. The van der Waals surface area contributed by atoms with Crippen LogP contribution in [0.1, 0.15) is 47.1 Å². The number of nitrogens with one attached hydrogen (secondary N) is 1. The van der Waals surface area contributed by atoms with E-state index in [1.165, 1.54) is 0 Å². The average molecular weight is 482 g/mol. The minimum absolute atomic E-state index is 0.104. The monoisotopic (exact) mass is 481 g/mol. The summed E-state index contributed by atoms with van der Waals surface area (Å²) in [6.45, 7) is 12.2. The highest BCUT2D eigenvalue weighted by molar-refractivity contribution is 8.31. The van der Waals surface area contributed by atoms with Crippen molar-refractivity contribution in [3.8, 4) is 0 Å². The van der Waals surface area contributed by atoms with Crippen molar-refractivity contribution in [2.45, 2.75) is 58.8 Å². The molecule has 184 valence electrons. The van der Waals surface area contributed by atoms with Crippen LogP contribution in [0.4, 0.5) is 4.79 Å². The zero-order valence-corrected chi connectivity index (χ0v) is 20.9. The standard InChI is InChI=1S/C23H35N3O6S/c1-22(2,3)26-20(27)18(19(33(26,29)30)16-10-8-7-9-11-16)24-12-13-31-17-14-25(15-17)21(28)32-23(4,5)6/h7-11,17,24,29-30H,12-15H2,1-6H3. The number of carbonyl (C=O) groups is 2. The van der Waals surface area contributed by atoms with Gasteiger partial charge >= 0.3 is 6.09 Å². The maximum Gasteiger partial charge on any atom is 0.410 e. The van der Waals surface area contributed by atoms with E-state index in [9.17, 15) is 18.7 Å². The Kier molecular flexibility index (Phi) is 7.05. The van der Waals surface area contributed by atoms with Gasteiger partial charge in [-0.15, -0.1) is 0 Å². The fourth-order valence-electron chi connectivity index (χ4n) is 3.70. The molecule has 0 radical (unpaired) electrons. The minimum Gasteiger partial charge on any atom is -0.444 e. The van der Waals surface area contributed by atoms with Gasteiger partial charge in [-0.2, -0.15) is 0 Å². The third kappa shape index (κ3) is 5.63. The van der Waals surface area contributed by atoms with Crippen molar-refractivity contribution < 1.29 is 28.2 Å². The Labute approximate surface area is 197 Å². The van der Waals surface area contributed by atoms with Gasteiger partial charge in [-0.05, 0) is 41.5 Å². The first kappa shape index (κ1) is 25.4. The predicted molar refractivity (Wildman–Crippen MR) is 128 cm³/mol. The first-order valence-corrected chi connectivity index (χ1v) is 12.5. The third-order valence-corrected chi connectivity index (χ3v) is 7.27. The van der Waals surface area contributed by atoms with E-state index in [-0.39, 0.29) is 22.8 Å². The molecule has 0 bridgehead atoms. The molecule has 0 atom stereocenters. The number of benzene rings is 1. The van der Waals surface area contributed by atoms with Crippen LogP contribution in [0, 0.1) is 0 Å². The van der Waals surface area contributed by atoms with Gasteiger partial charge in [-0.3, -0.25) is 13.9 Å². The van der Waals surface area contributed by atoms with Crippen LogP contribution in [-0.2, 0) is 14.3 Å². The summed E-state index contributed by atoms with van der Waals surface area (Å²) in [6.07, 6.45) is -0.463. The Balaban J connectivity index is 1.62. The van der Waals surface area contributed by atoms with E-state index < -0.39 is 27.8 Å². The molecule has 1 saturated heterocycles. The quantitative estimate of drug-likeness (QED) is 0.529. The Morgan fingerprint density at radius 2 is 1.73 bits per heavy atom. The second-order valence-electron chi connectivity index (χ2n) is 10.2. The van der Waals surface area contributed by atoms with Crippen molar-refractivity contribution in [3.05, 3.63) is 41.6 Å². The molecule has 2 amide bonds. The van der Waals surface area contributed by atoms with E-state index in [2.05, 4.69) is 5.32 Å². The zero-order valence-electron chi connectivity index (χ0n) is 20.1. The lowest BCUT2D eigenvalue weighted by Gasteiger charge is -2.45. The summed E-state index contributed by atoms with van der Waals surface area (Å²) in [5.41, 5.74) is -0.577. The molecule has 2 heterocycles. The Morgan fingerprint density at radius 1 is 1.12 bits per heavy atom. The predicted octanol–water partition coefficient (Wildman–Crippen LogP) is 3.89. The molecule has 0 aliphatic carbocycles.